The highest BCUT2D eigenvalue weighted by Crippen LogP contribution is 2.34. The molecule has 1 heterocycles. The molecule has 2 heteroatoms. The second kappa shape index (κ2) is 2.84. The van der Waals surface area contributed by atoms with Gasteiger partial charge in [0.25, 0.3) is 0 Å². The molecule has 1 saturated heterocycles. The summed E-state index contributed by atoms with van der Waals surface area (Å²) in [5.41, 5.74) is 2.72. The van der Waals surface area contributed by atoms with Crippen molar-refractivity contribution < 1.29 is 9.53 Å². The minimum Gasteiger partial charge on any atom is -0.465 e. The topological polar surface area (TPSA) is 26.3 Å². The third-order valence-corrected chi connectivity index (χ3v) is 3.35. The highest BCUT2D eigenvalue weighted by molar-refractivity contribution is 5.75. The zero-order chi connectivity index (χ0) is 9.54. The second-order valence-electron chi connectivity index (χ2n) is 4.17. The fourth-order valence-electron chi connectivity index (χ4n) is 2.53. The van der Waals surface area contributed by atoms with Crippen LogP contribution in [0.2, 0.25) is 0 Å². The maximum atomic E-state index is 11.4. The van der Waals surface area contributed by atoms with E-state index in [1.165, 1.54) is 11.1 Å². The Morgan fingerprint density at radius 3 is 2.64 bits per heavy atom. The minimum atomic E-state index is 0.00417. The molecule has 0 saturated carbocycles. The number of carbonyl (C=O) groups excluding carboxylic acids is 1. The monoisotopic (exact) mass is 188 g/mol. The molecule has 2 nitrogen and oxygen atoms in total. The van der Waals surface area contributed by atoms with Gasteiger partial charge in [-0.25, -0.2) is 0 Å². The maximum Gasteiger partial charge on any atom is 0.309 e. The van der Waals surface area contributed by atoms with Crippen LogP contribution in [0.15, 0.2) is 24.3 Å². The Balaban J connectivity index is 1.99. The summed E-state index contributed by atoms with van der Waals surface area (Å²) < 4.78 is 5.09. The van der Waals surface area contributed by atoms with Crippen molar-refractivity contribution in [3.63, 3.8) is 0 Å². The number of cyclic esters (lactones) is 1. The second-order valence-corrected chi connectivity index (χ2v) is 4.17. The van der Waals surface area contributed by atoms with Gasteiger partial charge in [0.1, 0.15) is 0 Å². The first-order chi connectivity index (χ1) is 6.84. The molecule has 2 aliphatic rings. The fourth-order valence-corrected chi connectivity index (χ4v) is 2.53. The van der Waals surface area contributed by atoms with Crippen LogP contribution in [0.1, 0.15) is 11.1 Å². The lowest BCUT2D eigenvalue weighted by atomic mass is 9.78. The van der Waals surface area contributed by atoms with E-state index < -0.39 is 0 Å². The first kappa shape index (κ1) is 8.04. The van der Waals surface area contributed by atoms with Crippen molar-refractivity contribution in [2.45, 2.75) is 12.8 Å². The lowest BCUT2D eigenvalue weighted by Crippen LogP contribution is -2.25. The van der Waals surface area contributed by atoms with Crippen LogP contribution in [-0.4, -0.2) is 12.6 Å². The van der Waals surface area contributed by atoms with E-state index in [2.05, 4.69) is 18.2 Å². The van der Waals surface area contributed by atoms with Crippen LogP contribution in [0.25, 0.3) is 0 Å². The number of esters is 1. The van der Waals surface area contributed by atoms with E-state index in [-0.39, 0.29) is 11.9 Å². The molecule has 0 N–H and O–H groups in total. The Morgan fingerprint density at radius 2 is 1.86 bits per heavy atom. The van der Waals surface area contributed by atoms with Crippen molar-refractivity contribution in [1.29, 1.82) is 0 Å². The molecule has 3 rings (SSSR count). The summed E-state index contributed by atoms with van der Waals surface area (Å²) in [6, 6.07) is 8.39. The quantitative estimate of drug-likeness (QED) is 0.578. The third kappa shape index (κ3) is 1.07. The minimum absolute atomic E-state index is 0.00417. The summed E-state index contributed by atoms with van der Waals surface area (Å²) >= 11 is 0. The average molecular weight is 188 g/mol. The molecule has 1 fully saturated rings. The maximum absolute atomic E-state index is 11.4. The zero-order valence-electron chi connectivity index (χ0n) is 7.90. The molecule has 0 aromatic heterocycles. The summed E-state index contributed by atoms with van der Waals surface area (Å²) in [7, 11) is 0. The van der Waals surface area contributed by atoms with Crippen LogP contribution >= 0.6 is 0 Å². The van der Waals surface area contributed by atoms with Gasteiger partial charge in [0.2, 0.25) is 0 Å². The van der Waals surface area contributed by atoms with E-state index in [9.17, 15) is 4.79 Å². The summed E-state index contributed by atoms with van der Waals surface area (Å²) in [5, 5.41) is 0. The van der Waals surface area contributed by atoms with Gasteiger partial charge in [-0.1, -0.05) is 24.3 Å². The lowest BCUT2D eigenvalue weighted by Gasteiger charge is -2.23. The smallest absolute Gasteiger partial charge is 0.309 e. The van der Waals surface area contributed by atoms with Gasteiger partial charge in [0.15, 0.2) is 0 Å². The van der Waals surface area contributed by atoms with Crippen molar-refractivity contribution in [2.24, 2.45) is 11.8 Å². The summed E-state index contributed by atoms with van der Waals surface area (Å²) in [4.78, 5) is 11.4. The van der Waals surface area contributed by atoms with E-state index in [0.717, 1.165) is 12.8 Å². The Bertz CT molecular complexity index is 384. The molecule has 1 aliphatic carbocycles. The standard InChI is InChI=1S/C12H12O2/c13-12-11-6-9-4-2-1-3-8(9)5-10(11)7-14-12/h1-4,10-11H,5-7H2/t10-,11-/m0/s1. The average Bonchev–Trinajstić information content (AvgIpc) is 2.57. The van der Waals surface area contributed by atoms with Gasteiger partial charge in [0, 0.05) is 5.92 Å². The van der Waals surface area contributed by atoms with Gasteiger partial charge >= 0.3 is 5.97 Å². The lowest BCUT2D eigenvalue weighted by molar-refractivity contribution is -0.141. The highest BCUT2D eigenvalue weighted by Gasteiger charge is 2.39. The van der Waals surface area contributed by atoms with Crippen LogP contribution in [-0.2, 0) is 22.4 Å². The zero-order valence-corrected chi connectivity index (χ0v) is 7.90. The molecule has 0 radical (unpaired) electrons. The molecular formula is C12H12O2. The summed E-state index contributed by atoms with van der Waals surface area (Å²) in [6.45, 7) is 0.623. The molecule has 1 aromatic carbocycles. The van der Waals surface area contributed by atoms with Crippen LogP contribution < -0.4 is 0 Å². The van der Waals surface area contributed by atoms with E-state index in [0.29, 0.717) is 12.5 Å². The molecule has 72 valence electrons. The van der Waals surface area contributed by atoms with Gasteiger partial charge < -0.3 is 4.74 Å². The van der Waals surface area contributed by atoms with E-state index in [4.69, 9.17) is 4.74 Å². The van der Waals surface area contributed by atoms with E-state index in [1.807, 2.05) is 6.07 Å². The van der Waals surface area contributed by atoms with Gasteiger partial charge in [-0.15, -0.1) is 0 Å². The molecule has 1 aliphatic heterocycles. The van der Waals surface area contributed by atoms with Crippen molar-refractivity contribution in [3.8, 4) is 0 Å². The first-order valence-corrected chi connectivity index (χ1v) is 5.08. The Morgan fingerprint density at radius 1 is 1.14 bits per heavy atom. The number of fused-ring (bicyclic) bond motifs is 2. The molecule has 14 heavy (non-hydrogen) atoms. The Kier molecular flexibility index (Phi) is 1.63. The van der Waals surface area contributed by atoms with Gasteiger partial charge in [-0.05, 0) is 24.0 Å². The van der Waals surface area contributed by atoms with Gasteiger partial charge in [0.05, 0.1) is 12.5 Å². The predicted octanol–water partition coefficient (Wildman–Crippen LogP) is 1.57. The van der Waals surface area contributed by atoms with Gasteiger partial charge in [-0.2, -0.15) is 0 Å². The summed E-state index contributed by atoms with van der Waals surface area (Å²) in [5.74, 6) is 0.562. The normalized spacial score (nSPS) is 29.3. The SMILES string of the molecule is O=C1OC[C@@H]2Cc3ccccc3C[C@H]12. The molecule has 0 amide bonds. The number of ether oxygens (including phenoxy) is 1. The first-order valence-electron chi connectivity index (χ1n) is 5.08. The fraction of sp³-hybridized carbons (Fsp3) is 0.417. The van der Waals surface area contributed by atoms with Crippen LogP contribution in [0.3, 0.4) is 0 Å². The number of hydrogen-bond acceptors (Lipinski definition) is 2. The van der Waals surface area contributed by atoms with Crippen molar-refractivity contribution >= 4 is 5.97 Å². The van der Waals surface area contributed by atoms with E-state index >= 15 is 0 Å². The number of carbonyl (C=O) groups is 1. The van der Waals surface area contributed by atoms with Crippen LogP contribution in [0, 0.1) is 11.8 Å². The molecule has 0 spiro atoms. The van der Waals surface area contributed by atoms with Crippen molar-refractivity contribution in [2.75, 3.05) is 6.61 Å². The number of rotatable bonds is 0. The molecule has 1 aromatic rings. The Hall–Kier alpha value is -1.31. The summed E-state index contributed by atoms with van der Waals surface area (Å²) in [6.07, 6.45) is 1.88. The third-order valence-electron chi connectivity index (χ3n) is 3.35. The van der Waals surface area contributed by atoms with Crippen molar-refractivity contribution in [1.82, 2.24) is 0 Å². The van der Waals surface area contributed by atoms with E-state index in [1.54, 1.807) is 0 Å². The number of benzene rings is 1. The predicted molar refractivity (Wildman–Crippen MR) is 51.8 cm³/mol. The molecular weight excluding hydrogens is 176 g/mol. The Labute approximate surface area is 82.9 Å². The van der Waals surface area contributed by atoms with Crippen LogP contribution in [0.4, 0.5) is 0 Å². The molecule has 0 unspecified atom stereocenters. The van der Waals surface area contributed by atoms with Crippen LogP contribution in [0.5, 0.6) is 0 Å². The highest BCUT2D eigenvalue weighted by atomic mass is 16.5. The number of hydrogen-bond donors (Lipinski definition) is 0. The van der Waals surface area contributed by atoms with Crippen molar-refractivity contribution in [3.05, 3.63) is 35.4 Å². The van der Waals surface area contributed by atoms with Gasteiger partial charge in [-0.3, -0.25) is 4.79 Å². The molecule has 0 bridgehead atoms. The largest absolute Gasteiger partial charge is 0.465 e. The molecule has 2 atom stereocenters.